The van der Waals surface area contributed by atoms with Crippen molar-refractivity contribution >= 4 is 28.6 Å². The van der Waals surface area contributed by atoms with Crippen molar-refractivity contribution in [3.63, 3.8) is 0 Å². The molecule has 0 saturated heterocycles. The van der Waals surface area contributed by atoms with E-state index in [1.165, 1.54) is 16.3 Å². The molecule has 7 heteroatoms. The van der Waals surface area contributed by atoms with Crippen molar-refractivity contribution < 1.29 is 4.79 Å². The van der Waals surface area contributed by atoms with E-state index in [-0.39, 0.29) is 22.8 Å². The van der Waals surface area contributed by atoms with E-state index >= 15 is 0 Å². The van der Waals surface area contributed by atoms with Crippen molar-refractivity contribution in [1.29, 1.82) is 0 Å². The molecule has 2 aromatic heterocycles. The van der Waals surface area contributed by atoms with E-state index in [4.69, 9.17) is 0 Å². The molecule has 1 N–H and O–H groups in total. The maximum absolute atomic E-state index is 13.2. The normalized spacial score (nSPS) is 11.6. The lowest BCUT2D eigenvalue weighted by Crippen LogP contribution is -2.43. The molecule has 146 valence electrons. The highest BCUT2D eigenvalue weighted by atomic mass is 32.2. The van der Waals surface area contributed by atoms with Gasteiger partial charge in [0.2, 0.25) is 5.91 Å². The molecule has 0 fully saturated rings. The van der Waals surface area contributed by atoms with Gasteiger partial charge in [-0.1, -0.05) is 36.9 Å². The first kappa shape index (κ1) is 20.1. The van der Waals surface area contributed by atoms with Gasteiger partial charge in [0.25, 0.3) is 5.56 Å². The highest BCUT2D eigenvalue weighted by Gasteiger charge is 2.20. The zero-order chi connectivity index (χ0) is 20.3. The van der Waals surface area contributed by atoms with Gasteiger partial charge in [0.15, 0.2) is 5.16 Å². The van der Waals surface area contributed by atoms with Crippen molar-refractivity contribution in [1.82, 2.24) is 19.9 Å². The van der Waals surface area contributed by atoms with Crippen LogP contribution >= 0.6 is 11.8 Å². The molecule has 1 aromatic carbocycles. The SMILES string of the molecule is CCC(C)(C)NC(=O)CSc1nc2ccccc2c(=O)n1-c1ncccc1C. The summed E-state index contributed by atoms with van der Waals surface area (Å²) in [5.41, 5.74) is 1.00. The summed E-state index contributed by atoms with van der Waals surface area (Å²) in [6.07, 6.45) is 2.48. The number of nitrogens with zero attached hydrogens (tertiary/aromatic N) is 3. The number of nitrogens with one attached hydrogen (secondary N) is 1. The van der Waals surface area contributed by atoms with Crippen LogP contribution in [0.3, 0.4) is 0 Å². The molecule has 0 radical (unpaired) electrons. The van der Waals surface area contributed by atoms with E-state index in [0.29, 0.717) is 21.9 Å². The topological polar surface area (TPSA) is 76.9 Å². The van der Waals surface area contributed by atoms with Gasteiger partial charge in [0.1, 0.15) is 5.82 Å². The second-order valence-electron chi connectivity index (χ2n) is 7.27. The maximum Gasteiger partial charge on any atom is 0.267 e. The second kappa shape index (κ2) is 8.14. The average molecular weight is 397 g/mol. The number of rotatable bonds is 6. The third-order valence-electron chi connectivity index (χ3n) is 4.63. The maximum atomic E-state index is 13.2. The van der Waals surface area contributed by atoms with Crippen LogP contribution in [0.4, 0.5) is 0 Å². The van der Waals surface area contributed by atoms with Gasteiger partial charge in [-0.2, -0.15) is 0 Å². The summed E-state index contributed by atoms with van der Waals surface area (Å²) in [5.74, 6) is 0.603. The van der Waals surface area contributed by atoms with E-state index in [1.54, 1.807) is 18.3 Å². The molecule has 6 nitrogen and oxygen atoms in total. The number of fused-ring (bicyclic) bond motifs is 1. The molecule has 0 unspecified atom stereocenters. The number of aromatic nitrogens is 3. The Morgan fingerprint density at radius 2 is 1.96 bits per heavy atom. The Balaban J connectivity index is 2.04. The van der Waals surface area contributed by atoms with Gasteiger partial charge in [-0.3, -0.25) is 9.59 Å². The molecule has 28 heavy (non-hydrogen) atoms. The first-order valence-electron chi connectivity index (χ1n) is 9.20. The van der Waals surface area contributed by atoms with Gasteiger partial charge >= 0.3 is 0 Å². The highest BCUT2D eigenvalue weighted by molar-refractivity contribution is 7.99. The lowest BCUT2D eigenvalue weighted by Gasteiger charge is -2.24. The lowest BCUT2D eigenvalue weighted by molar-refractivity contribution is -0.120. The minimum atomic E-state index is -0.272. The standard InChI is InChI=1S/C21H24N4O2S/c1-5-21(3,4)24-17(26)13-28-20-23-16-11-7-6-10-15(16)19(27)25(20)18-14(2)9-8-12-22-18/h6-12H,5,13H2,1-4H3,(H,24,26). The molecule has 0 aliphatic heterocycles. The van der Waals surface area contributed by atoms with E-state index < -0.39 is 0 Å². The third-order valence-corrected chi connectivity index (χ3v) is 5.57. The summed E-state index contributed by atoms with van der Waals surface area (Å²) < 4.78 is 1.50. The lowest BCUT2D eigenvalue weighted by atomic mass is 10.0. The number of hydrogen-bond donors (Lipinski definition) is 1. The van der Waals surface area contributed by atoms with Gasteiger partial charge in [0, 0.05) is 11.7 Å². The molecule has 3 rings (SSSR count). The first-order chi connectivity index (χ1) is 13.3. The van der Waals surface area contributed by atoms with Crippen molar-refractivity contribution in [2.24, 2.45) is 0 Å². The van der Waals surface area contributed by atoms with Gasteiger partial charge in [-0.05, 0) is 51.0 Å². The van der Waals surface area contributed by atoms with Gasteiger partial charge in [-0.25, -0.2) is 14.5 Å². The molecule has 0 aliphatic rings. The van der Waals surface area contributed by atoms with Crippen LogP contribution in [0.5, 0.6) is 0 Å². The Morgan fingerprint density at radius 1 is 1.21 bits per heavy atom. The summed E-state index contributed by atoms with van der Waals surface area (Å²) in [6.45, 7) is 7.89. The largest absolute Gasteiger partial charge is 0.351 e. The monoisotopic (exact) mass is 396 g/mol. The second-order valence-corrected chi connectivity index (χ2v) is 8.21. The van der Waals surface area contributed by atoms with Crippen LogP contribution in [0.2, 0.25) is 0 Å². The first-order valence-corrected chi connectivity index (χ1v) is 10.2. The molecule has 2 heterocycles. The van der Waals surface area contributed by atoms with Gasteiger partial charge < -0.3 is 5.32 Å². The Labute approximate surface area is 168 Å². The summed E-state index contributed by atoms with van der Waals surface area (Å²) in [4.78, 5) is 34.6. The zero-order valence-electron chi connectivity index (χ0n) is 16.5. The van der Waals surface area contributed by atoms with Crippen molar-refractivity contribution in [3.05, 3.63) is 58.5 Å². The molecule has 0 spiro atoms. The van der Waals surface area contributed by atoms with Crippen molar-refractivity contribution in [3.8, 4) is 5.82 Å². The quantitative estimate of drug-likeness (QED) is 0.510. The van der Waals surface area contributed by atoms with E-state index in [1.807, 2.05) is 52.0 Å². The number of pyridine rings is 1. The Hall–Kier alpha value is -2.67. The average Bonchev–Trinajstić information content (AvgIpc) is 2.67. The number of benzene rings is 1. The fourth-order valence-corrected chi connectivity index (χ4v) is 3.53. The number of aryl methyl sites for hydroxylation is 1. The van der Waals surface area contributed by atoms with Gasteiger partial charge in [0.05, 0.1) is 16.7 Å². The summed E-state index contributed by atoms with van der Waals surface area (Å²) >= 11 is 1.24. The molecule has 0 aliphatic carbocycles. The third kappa shape index (κ3) is 4.25. The summed E-state index contributed by atoms with van der Waals surface area (Å²) in [7, 11) is 0. The fraction of sp³-hybridized carbons (Fsp3) is 0.333. The highest BCUT2D eigenvalue weighted by Crippen LogP contribution is 2.22. The molecule has 1 amide bonds. The van der Waals surface area contributed by atoms with Crippen LogP contribution in [0.1, 0.15) is 32.8 Å². The molecular weight excluding hydrogens is 372 g/mol. The number of carbonyl (C=O) groups excluding carboxylic acids is 1. The predicted octanol–water partition coefficient (Wildman–Crippen LogP) is 3.49. The molecule has 0 atom stereocenters. The Morgan fingerprint density at radius 3 is 2.68 bits per heavy atom. The van der Waals surface area contributed by atoms with Crippen LogP contribution in [0.25, 0.3) is 16.7 Å². The minimum Gasteiger partial charge on any atom is -0.351 e. The zero-order valence-corrected chi connectivity index (χ0v) is 17.3. The van der Waals surface area contributed by atoms with E-state index in [9.17, 15) is 9.59 Å². The van der Waals surface area contributed by atoms with Crippen LogP contribution in [0, 0.1) is 6.92 Å². The van der Waals surface area contributed by atoms with Crippen molar-refractivity contribution in [2.45, 2.75) is 44.8 Å². The minimum absolute atomic E-state index is 0.0939. The molecule has 0 saturated carbocycles. The van der Waals surface area contributed by atoms with Crippen molar-refractivity contribution in [2.75, 3.05) is 5.75 Å². The van der Waals surface area contributed by atoms with E-state index in [2.05, 4.69) is 15.3 Å². The predicted molar refractivity (Wildman–Crippen MR) is 113 cm³/mol. The van der Waals surface area contributed by atoms with Crippen LogP contribution in [-0.2, 0) is 4.79 Å². The summed E-state index contributed by atoms with van der Waals surface area (Å²) in [6, 6.07) is 10.9. The molecule has 3 aromatic rings. The Bertz CT molecular complexity index is 1080. The number of amides is 1. The molecular formula is C21H24N4O2S. The fourth-order valence-electron chi connectivity index (χ4n) is 2.74. The number of carbonyl (C=O) groups is 1. The summed E-state index contributed by atoms with van der Waals surface area (Å²) in [5, 5.41) is 3.98. The van der Waals surface area contributed by atoms with Crippen LogP contribution in [0.15, 0.2) is 52.5 Å². The van der Waals surface area contributed by atoms with E-state index in [0.717, 1.165) is 12.0 Å². The molecule has 0 bridgehead atoms. The van der Waals surface area contributed by atoms with Crippen LogP contribution < -0.4 is 10.9 Å². The number of thioether (sulfide) groups is 1. The van der Waals surface area contributed by atoms with Gasteiger partial charge in [-0.15, -0.1) is 0 Å². The number of para-hydroxylation sites is 1. The Kier molecular flexibility index (Phi) is 5.84. The number of hydrogen-bond acceptors (Lipinski definition) is 5. The smallest absolute Gasteiger partial charge is 0.267 e. The van der Waals surface area contributed by atoms with Crippen LogP contribution in [-0.4, -0.2) is 31.7 Å².